The van der Waals surface area contributed by atoms with E-state index in [4.69, 9.17) is 28.4 Å². The molecule has 0 saturated carbocycles. The molecule has 3 fully saturated rings. The Morgan fingerprint density at radius 2 is 0.761 bits per heavy atom. The summed E-state index contributed by atoms with van der Waals surface area (Å²) in [7, 11) is 0. The SMILES string of the molecule is CC/C=C/CC/C=C/CC/C=C/C(O)C(COC1OC(CO)C(OC2OC(CO)C(OC3OC(CO)C(O)C(O)C3O)C(O)C2O)C(O)C1O)NC(=O)CCCCCCCCCCCCCCCCCCCCCCC/C=C\CCCCCCCCCC. The zero-order valence-corrected chi connectivity index (χ0v) is 54.2. The van der Waals surface area contributed by atoms with E-state index in [9.17, 15) is 61.0 Å². The molecular formula is C69H125NO18. The van der Waals surface area contributed by atoms with Crippen molar-refractivity contribution in [2.45, 2.75) is 356 Å². The normalized spacial score (nSPS) is 28.7. The molecule has 88 heavy (non-hydrogen) atoms. The highest BCUT2D eigenvalue weighted by atomic mass is 16.8. The summed E-state index contributed by atoms with van der Waals surface area (Å²) in [5.74, 6) is -0.290. The molecule has 514 valence electrons. The Morgan fingerprint density at radius 1 is 0.409 bits per heavy atom. The van der Waals surface area contributed by atoms with Gasteiger partial charge in [0.15, 0.2) is 18.9 Å². The minimum Gasteiger partial charge on any atom is -0.394 e. The first-order chi connectivity index (χ1) is 42.8. The summed E-state index contributed by atoms with van der Waals surface area (Å²) in [5, 5.41) is 120. The van der Waals surface area contributed by atoms with Gasteiger partial charge in [-0.2, -0.15) is 0 Å². The maximum atomic E-state index is 13.3. The van der Waals surface area contributed by atoms with E-state index < -0.39 is 124 Å². The van der Waals surface area contributed by atoms with Gasteiger partial charge in [0.1, 0.15) is 73.2 Å². The molecule has 3 aliphatic rings. The van der Waals surface area contributed by atoms with Crippen LogP contribution in [0.3, 0.4) is 0 Å². The monoisotopic (exact) mass is 1260 g/mol. The topological polar surface area (TPSA) is 307 Å². The minimum absolute atomic E-state index is 0.234. The summed E-state index contributed by atoms with van der Waals surface area (Å²) in [6, 6.07) is -0.994. The molecule has 0 aromatic carbocycles. The van der Waals surface area contributed by atoms with E-state index in [2.05, 4.69) is 55.6 Å². The fourth-order valence-electron chi connectivity index (χ4n) is 11.7. The molecule has 17 unspecified atom stereocenters. The Hall–Kier alpha value is -2.25. The van der Waals surface area contributed by atoms with Gasteiger partial charge in [-0.05, 0) is 64.2 Å². The van der Waals surface area contributed by atoms with E-state index >= 15 is 0 Å². The van der Waals surface area contributed by atoms with Gasteiger partial charge < -0.3 is 89.9 Å². The summed E-state index contributed by atoms with van der Waals surface area (Å²) in [5.41, 5.74) is 0. The molecule has 19 nitrogen and oxygen atoms in total. The van der Waals surface area contributed by atoms with Crippen LogP contribution in [0.5, 0.6) is 0 Å². The van der Waals surface area contributed by atoms with Crippen LogP contribution in [0.1, 0.15) is 251 Å². The zero-order chi connectivity index (χ0) is 64.0. The number of hydrogen-bond acceptors (Lipinski definition) is 18. The predicted molar refractivity (Wildman–Crippen MR) is 342 cm³/mol. The van der Waals surface area contributed by atoms with Crippen molar-refractivity contribution in [1.29, 1.82) is 0 Å². The van der Waals surface area contributed by atoms with Crippen LogP contribution in [0.2, 0.25) is 0 Å². The molecule has 0 spiro atoms. The lowest BCUT2D eigenvalue weighted by atomic mass is 9.96. The van der Waals surface area contributed by atoms with Crippen LogP contribution in [0, 0.1) is 0 Å². The van der Waals surface area contributed by atoms with Crippen LogP contribution in [-0.4, -0.2) is 193 Å². The van der Waals surface area contributed by atoms with Crippen LogP contribution in [0.25, 0.3) is 0 Å². The van der Waals surface area contributed by atoms with Crippen molar-refractivity contribution in [3.8, 4) is 0 Å². The van der Waals surface area contributed by atoms with Gasteiger partial charge >= 0.3 is 0 Å². The van der Waals surface area contributed by atoms with E-state index in [1.807, 2.05) is 6.08 Å². The fourth-order valence-corrected chi connectivity index (χ4v) is 11.7. The van der Waals surface area contributed by atoms with Crippen molar-refractivity contribution in [2.24, 2.45) is 0 Å². The van der Waals surface area contributed by atoms with Crippen LogP contribution < -0.4 is 5.32 Å². The van der Waals surface area contributed by atoms with Crippen molar-refractivity contribution in [3.63, 3.8) is 0 Å². The molecule has 17 atom stereocenters. The number of carbonyl (C=O) groups excluding carboxylic acids is 1. The second kappa shape index (κ2) is 51.2. The predicted octanol–water partition coefficient (Wildman–Crippen LogP) is 9.00. The number of unbranched alkanes of at least 4 members (excludes halogenated alkanes) is 31. The molecule has 3 heterocycles. The van der Waals surface area contributed by atoms with Gasteiger partial charge in [-0.1, -0.05) is 229 Å². The Balaban J connectivity index is 1.32. The number of rotatable bonds is 53. The number of allylic oxidation sites excluding steroid dienone is 7. The smallest absolute Gasteiger partial charge is 0.220 e. The molecule has 3 saturated heterocycles. The molecule has 19 heteroatoms. The van der Waals surface area contributed by atoms with Gasteiger partial charge in [0.2, 0.25) is 5.91 Å². The first kappa shape index (κ1) is 80.0. The van der Waals surface area contributed by atoms with Crippen molar-refractivity contribution in [1.82, 2.24) is 5.32 Å². The number of hydrogen-bond donors (Lipinski definition) is 12. The van der Waals surface area contributed by atoms with Crippen molar-refractivity contribution < 1.29 is 89.4 Å². The molecule has 0 aromatic rings. The van der Waals surface area contributed by atoms with Gasteiger partial charge in [-0.15, -0.1) is 0 Å². The van der Waals surface area contributed by atoms with Gasteiger partial charge in [0, 0.05) is 6.42 Å². The van der Waals surface area contributed by atoms with E-state index in [0.29, 0.717) is 12.8 Å². The number of ether oxygens (including phenoxy) is 6. The van der Waals surface area contributed by atoms with E-state index in [-0.39, 0.29) is 18.9 Å². The third-order valence-electron chi connectivity index (χ3n) is 17.3. The largest absolute Gasteiger partial charge is 0.394 e. The minimum atomic E-state index is -1.98. The maximum Gasteiger partial charge on any atom is 0.220 e. The third kappa shape index (κ3) is 33.0. The van der Waals surface area contributed by atoms with Crippen LogP contribution >= 0.6 is 0 Å². The highest BCUT2D eigenvalue weighted by molar-refractivity contribution is 5.76. The lowest BCUT2D eigenvalue weighted by Gasteiger charge is -2.48. The lowest BCUT2D eigenvalue weighted by Crippen LogP contribution is -2.66. The third-order valence-corrected chi connectivity index (χ3v) is 17.3. The zero-order valence-electron chi connectivity index (χ0n) is 54.2. The second-order valence-corrected chi connectivity index (χ2v) is 24.9. The lowest BCUT2D eigenvalue weighted by molar-refractivity contribution is -0.379. The molecule has 0 aliphatic carbocycles. The Labute approximate surface area is 529 Å². The molecule has 0 bridgehead atoms. The Morgan fingerprint density at radius 3 is 1.19 bits per heavy atom. The van der Waals surface area contributed by atoms with Crippen LogP contribution in [0.4, 0.5) is 0 Å². The number of amides is 1. The van der Waals surface area contributed by atoms with E-state index in [1.54, 1.807) is 6.08 Å². The van der Waals surface area contributed by atoms with Gasteiger partial charge in [0.05, 0.1) is 38.6 Å². The number of carbonyl (C=O) groups is 1. The highest BCUT2D eigenvalue weighted by Crippen LogP contribution is 2.33. The van der Waals surface area contributed by atoms with Crippen molar-refractivity contribution >= 4 is 5.91 Å². The van der Waals surface area contributed by atoms with E-state index in [0.717, 1.165) is 44.9 Å². The molecule has 0 radical (unpaired) electrons. The molecule has 1 amide bonds. The number of aliphatic hydroxyl groups excluding tert-OH is 11. The van der Waals surface area contributed by atoms with Gasteiger partial charge in [-0.3, -0.25) is 4.79 Å². The average molecular weight is 1260 g/mol. The summed E-state index contributed by atoms with van der Waals surface area (Å²) >= 11 is 0. The Kier molecular flexibility index (Phi) is 46.5. The number of nitrogens with one attached hydrogen (secondary N) is 1. The summed E-state index contributed by atoms with van der Waals surface area (Å²) in [6.45, 7) is 1.58. The van der Waals surface area contributed by atoms with Crippen LogP contribution in [-0.2, 0) is 33.2 Å². The maximum absolute atomic E-state index is 13.3. The Bertz CT molecular complexity index is 1790. The molecule has 12 N–H and O–H groups in total. The van der Waals surface area contributed by atoms with Crippen LogP contribution in [0.15, 0.2) is 48.6 Å². The summed E-state index contributed by atoms with van der Waals surface area (Å²) < 4.78 is 34.2. The quantitative estimate of drug-likeness (QED) is 0.0200. The second-order valence-electron chi connectivity index (χ2n) is 24.9. The van der Waals surface area contributed by atoms with Crippen molar-refractivity contribution in [3.05, 3.63) is 48.6 Å². The fraction of sp³-hybridized carbons (Fsp3) is 0.870. The first-order valence-corrected chi connectivity index (χ1v) is 34.9. The molecule has 3 rings (SSSR count). The summed E-state index contributed by atoms with van der Waals surface area (Å²) in [6.07, 6.45) is 34.4. The van der Waals surface area contributed by atoms with Gasteiger partial charge in [0.25, 0.3) is 0 Å². The highest BCUT2D eigenvalue weighted by Gasteiger charge is 2.53. The summed E-state index contributed by atoms with van der Waals surface area (Å²) in [4.78, 5) is 13.3. The van der Waals surface area contributed by atoms with Crippen molar-refractivity contribution in [2.75, 3.05) is 26.4 Å². The molecule has 0 aromatic heterocycles. The standard InChI is InChI=1S/C69H125NO18/c1-3-5-7-9-11-13-15-16-17-18-19-20-21-22-23-24-25-26-27-28-29-30-31-32-33-34-35-36-37-39-41-43-45-47-57(75)70-52(53(74)46-44-42-40-38-14-12-10-8-6-4-2)51-83-67-63(81)60(78)65(55(49-72)85-67)88-69-64(82)61(79)66(56(50-73)86-69)87-68-62(80)59(77)58(76)54(48-71)84-68/h6,8,14,18-19,38,44,46,52-56,58-69,71-74,76-82H,3-5,7,9-13,15-17,20-37,39-43,45,47-51H2,1-2H3,(H,70,75)/b8-6+,19-18-,38-14+,46-44+. The van der Waals surface area contributed by atoms with Gasteiger partial charge in [-0.25, -0.2) is 0 Å². The first-order valence-electron chi connectivity index (χ1n) is 34.9. The molecular weight excluding hydrogens is 1130 g/mol. The molecule has 3 aliphatic heterocycles. The van der Waals surface area contributed by atoms with E-state index in [1.165, 1.54) is 173 Å². The number of aliphatic hydroxyl groups is 11. The average Bonchev–Trinajstić information content (AvgIpc) is 1.86.